The Hall–Kier alpha value is -2.07. The Morgan fingerprint density at radius 2 is 1.85 bits per heavy atom. The van der Waals surface area contributed by atoms with Crippen molar-refractivity contribution in [3.8, 4) is 5.75 Å². The Labute approximate surface area is 124 Å². The molecule has 2 aromatic carbocycles. The largest absolute Gasteiger partial charge is 0.508 e. The summed E-state index contributed by atoms with van der Waals surface area (Å²) < 4.78 is 0. The lowest BCUT2D eigenvalue weighted by atomic mass is 10.1. The van der Waals surface area contributed by atoms with E-state index in [0.717, 1.165) is 25.1 Å². The van der Waals surface area contributed by atoms with Crippen LogP contribution in [0.2, 0.25) is 0 Å². The fourth-order valence-electron chi connectivity index (χ4n) is 1.90. The van der Waals surface area contributed by atoms with Crippen LogP contribution in [0.25, 0.3) is 0 Å². The predicted octanol–water partition coefficient (Wildman–Crippen LogP) is 3.31. The van der Waals surface area contributed by atoms with E-state index in [1.165, 1.54) is 5.56 Å². The van der Waals surface area contributed by atoms with Crippen molar-refractivity contribution in [3.05, 3.63) is 60.2 Å². The quantitative estimate of drug-likeness (QED) is 0.583. The molecule has 0 spiro atoms. The molecule has 2 aromatic rings. The number of phenolic OH excluding ortho intramolecular Hbond substituents is 1. The zero-order valence-corrected chi connectivity index (χ0v) is 12.0. The van der Waals surface area contributed by atoms with Crippen LogP contribution in [0.1, 0.15) is 12.0 Å². The number of thiocarbonyl (C=S) groups is 1. The third-order valence-corrected chi connectivity index (χ3v) is 3.12. The zero-order chi connectivity index (χ0) is 14.2. The Balaban J connectivity index is 1.68. The van der Waals surface area contributed by atoms with E-state index in [0.29, 0.717) is 5.11 Å². The van der Waals surface area contributed by atoms with Crippen LogP contribution in [0.3, 0.4) is 0 Å². The second kappa shape index (κ2) is 7.50. The molecule has 104 valence electrons. The van der Waals surface area contributed by atoms with Gasteiger partial charge in [-0.25, -0.2) is 0 Å². The predicted molar refractivity (Wildman–Crippen MR) is 87.1 cm³/mol. The highest BCUT2D eigenvalue weighted by molar-refractivity contribution is 7.80. The van der Waals surface area contributed by atoms with Crippen molar-refractivity contribution in [2.24, 2.45) is 0 Å². The first-order chi connectivity index (χ1) is 9.74. The summed E-state index contributed by atoms with van der Waals surface area (Å²) in [5, 5.41) is 16.1. The highest BCUT2D eigenvalue weighted by atomic mass is 32.1. The molecule has 0 aliphatic carbocycles. The second-order valence-corrected chi connectivity index (χ2v) is 4.93. The molecule has 0 bridgehead atoms. The number of hydrogen-bond acceptors (Lipinski definition) is 2. The maximum Gasteiger partial charge on any atom is 0.170 e. The maximum absolute atomic E-state index is 9.36. The number of anilines is 1. The van der Waals surface area contributed by atoms with Gasteiger partial charge in [-0.2, -0.15) is 0 Å². The minimum Gasteiger partial charge on any atom is -0.508 e. The van der Waals surface area contributed by atoms with Crippen LogP contribution in [0, 0.1) is 0 Å². The Kier molecular flexibility index (Phi) is 5.38. The summed E-state index contributed by atoms with van der Waals surface area (Å²) in [5.74, 6) is 0.224. The first-order valence-electron chi connectivity index (χ1n) is 6.62. The minimum absolute atomic E-state index is 0.224. The van der Waals surface area contributed by atoms with Crippen molar-refractivity contribution >= 4 is 23.0 Å². The monoisotopic (exact) mass is 286 g/mol. The van der Waals surface area contributed by atoms with Gasteiger partial charge in [-0.1, -0.05) is 36.4 Å². The van der Waals surface area contributed by atoms with Gasteiger partial charge in [0.05, 0.1) is 0 Å². The molecule has 0 saturated heterocycles. The topological polar surface area (TPSA) is 44.3 Å². The van der Waals surface area contributed by atoms with Gasteiger partial charge in [0, 0.05) is 18.3 Å². The summed E-state index contributed by atoms with van der Waals surface area (Å²) in [6.07, 6.45) is 2.05. The molecule has 0 saturated carbocycles. The number of hydrogen-bond donors (Lipinski definition) is 3. The second-order valence-electron chi connectivity index (χ2n) is 4.52. The van der Waals surface area contributed by atoms with Gasteiger partial charge in [-0.05, 0) is 42.8 Å². The molecular weight excluding hydrogens is 268 g/mol. The number of nitrogens with one attached hydrogen (secondary N) is 2. The Morgan fingerprint density at radius 1 is 1.05 bits per heavy atom. The lowest BCUT2D eigenvalue weighted by Crippen LogP contribution is -2.29. The molecule has 0 radical (unpaired) electrons. The molecule has 4 heteroatoms. The number of rotatable bonds is 5. The van der Waals surface area contributed by atoms with Crippen molar-refractivity contribution in [2.45, 2.75) is 12.8 Å². The molecule has 0 unspecified atom stereocenters. The molecule has 3 N–H and O–H groups in total. The average molecular weight is 286 g/mol. The summed E-state index contributed by atoms with van der Waals surface area (Å²) in [6, 6.07) is 17.3. The average Bonchev–Trinajstić information content (AvgIpc) is 2.45. The molecule has 0 aliphatic heterocycles. The highest BCUT2D eigenvalue weighted by Gasteiger charge is 1.98. The van der Waals surface area contributed by atoms with Gasteiger partial charge >= 0.3 is 0 Å². The van der Waals surface area contributed by atoms with Crippen LogP contribution in [0.5, 0.6) is 5.75 Å². The molecule has 0 atom stereocenters. The van der Waals surface area contributed by atoms with Gasteiger partial charge in [0.25, 0.3) is 0 Å². The lowest BCUT2D eigenvalue weighted by Gasteiger charge is -2.10. The molecule has 0 amide bonds. The van der Waals surface area contributed by atoms with Crippen LogP contribution in [0.4, 0.5) is 5.69 Å². The number of benzene rings is 2. The van der Waals surface area contributed by atoms with Crippen LogP contribution >= 0.6 is 12.2 Å². The van der Waals surface area contributed by atoms with E-state index in [4.69, 9.17) is 12.2 Å². The van der Waals surface area contributed by atoms with Crippen molar-refractivity contribution in [3.63, 3.8) is 0 Å². The third-order valence-electron chi connectivity index (χ3n) is 2.87. The fourth-order valence-corrected chi connectivity index (χ4v) is 2.12. The van der Waals surface area contributed by atoms with Gasteiger partial charge in [0.15, 0.2) is 5.11 Å². The molecule has 20 heavy (non-hydrogen) atoms. The SMILES string of the molecule is Oc1cccc(NC(=S)NCCCc2ccccc2)c1. The van der Waals surface area contributed by atoms with E-state index in [2.05, 4.69) is 34.9 Å². The minimum atomic E-state index is 0.224. The third kappa shape index (κ3) is 4.90. The summed E-state index contributed by atoms with van der Waals surface area (Å²) in [4.78, 5) is 0. The zero-order valence-electron chi connectivity index (χ0n) is 11.2. The van der Waals surface area contributed by atoms with E-state index >= 15 is 0 Å². The first kappa shape index (κ1) is 14.3. The Morgan fingerprint density at radius 3 is 2.60 bits per heavy atom. The maximum atomic E-state index is 9.36. The Bertz CT molecular complexity index is 557. The van der Waals surface area contributed by atoms with Gasteiger partial charge < -0.3 is 15.7 Å². The van der Waals surface area contributed by atoms with Crippen LogP contribution in [-0.2, 0) is 6.42 Å². The number of phenols is 1. The molecule has 3 nitrogen and oxygen atoms in total. The normalized spacial score (nSPS) is 10.0. The van der Waals surface area contributed by atoms with E-state index in [1.807, 2.05) is 12.1 Å². The molecular formula is C16H18N2OS. The van der Waals surface area contributed by atoms with Gasteiger partial charge in [-0.15, -0.1) is 0 Å². The van der Waals surface area contributed by atoms with Crippen molar-refractivity contribution in [1.29, 1.82) is 0 Å². The summed E-state index contributed by atoms with van der Waals surface area (Å²) in [6.45, 7) is 0.819. The molecule has 0 fully saturated rings. The molecule has 0 heterocycles. The fraction of sp³-hybridized carbons (Fsp3) is 0.188. The smallest absolute Gasteiger partial charge is 0.170 e. The molecule has 0 aromatic heterocycles. The van der Waals surface area contributed by atoms with E-state index in [-0.39, 0.29) is 5.75 Å². The summed E-state index contributed by atoms with van der Waals surface area (Å²) >= 11 is 5.21. The van der Waals surface area contributed by atoms with Gasteiger partial charge in [0.2, 0.25) is 0 Å². The molecule has 2 rings (SSSR count). The van der Waals surface area contributed by atoms with Crippen LogP contribution in [-0.4, -0.2) is 16.8 Å². The first-order valence-corrected chi connectivity index (χ1v) is 7.03. The van der Waals surface area contributed by atoms with Crippen molar-refractivity contribution < 1.29 is 5.11 Å². The van der Waals surface area contributed by atoms with E-state index < -0.39 is 0 Å². The van der Waals surface area contributed by atoms with Crippen LogP contribution in [0.15, 0.2) is 54.6 Å². The highest BCUT2D eigenvalue weighted by Crippen LogP contribution is 2.14. The lowest BCUT2D eigenvalue weighted by molar-refractivity contribution is 0.475. The number of aryl methyl sites for hydroxylation is 1. The van der Waals surface area contributed by atoms with Gasteiger partial charge in [-0.3, -0.25) is 0 Å². The van der Waals surface area contributed by atoms with Crippen molar-refractivity contribution in [1.82, 2.24) is 5.32 Å². The summed E-state index contributed by atoms with van der Waals surface area (Å²) in [7, 11) is 0. The van der Waals surface area contributed by atoms with Crippen LogP contribution < -0.4 is 10.6 Å². The van der Waals surface area contributed by atoms with E-state index in [9.17, 15) is 5.11 Å². The molecule has 0 aliphatic rings. The standard InChI is InChI=1S/C16H18N2OS/c19-15-10-4-9-14(12-15)18-16(20)17-11-5-8-13-6-2-1-3-7-13/h1-4,6-7,9-10,12,19H,5,8,11H2,(H2,17,18,20). The number of aromatic hydroxyl groups is 1. The van der Waals surface area contributed by atoms with Gasteiger partial charge in [0.1, 0.15) is 5.75 Å². The van der Waals surface area contributed by atoms with E-state index in [1.54, 1.807) is 18.2 Å². The van der Waals surface area contributed by atoms with Crippen molar-refractivity contribution in [2.75, 3.05) is 11.9 Å². The summed E-state index contributed by atoms with van der Waals surface area (Å²) in [5.41, 5.74) is 2.12.